The Hall–Kier alpha value is -2.13. The summed E-state index contributed by atoms with van der Waals surface area (Å²) in [7, 11) is 0. The minimum Gasteiger partial charge on any atom is -0.431 e. The molecule has 0 aromatic heterocycles. The zero-order valence-corrected chi connectivity index (χ0v) is 21.4. The van der Waals surface area contributed by atoms with E-state index in [9.17, 15) is 4.79 Å². The predicted octanol–water partition coefficient (Wildman–Crippen LogP) is 8.97. The van der Waals surface area contributed by atoms with Gasteiger partial charge in [0, 0.05) is 12.0 Å². The second-order valence-corrected chi connectivity index (χ2v) is 9.33. The molecule has 0 aliphatic heterocycles. The fourth-order valence-corrected chi connectivity index (χ4v) is 4.20. The van der Waals surface area contributed by atoms with Crippen LogP contribution in [-0.4, -0.2) is 12.6 Å². The van der Waals surface area contributed by atoms with Crippen LogP contribution in [0.1, 0.15) is 114 Å². The number of hydrogen-bond acceptors (Lipinski definition) is 3. The number of esters is 1. The second-order valence-electron chi connectivity index (χ2n) is 9.33. The molecule has 3 heteroatoms. The fraction of sp³-hybridized carbons (Fsp3) is 0.581. The molecule has 0 bridgehead atoms. The summed E-state index contributed by atoms with van der Waals surface area (Å²) < 4.78 is 11.7. The smallest absolute Gasteiger partial charge is 0.308 e. The predicted molar refractivity (Wildman–Crippen MR) is 142 cm³/mol. The highest BCUT2D eigenvalue weighted by molar-refractivity contribution is 5.69. The number of unbranched alkanes of at least 4 members (excludes halogenated alkanes) is 12. The largest absolute Gasteiger partial charge is 0.431 e. The van der Waals surface area contributed by atoms with E-state index in [4.69, 9.17) is 9.47 Å². The van der Waals surface area contributed by atoms with Crippen molar-refractivity contribution in [2.24, 2.45) is 0 Å². The van der Waals surface area contributed by atoms with Crippen LogP contribution in [0.25, 0.3) is 0 Å². The first-order valence-corrected chi connectivity index (χ1v) is 13.7. The standard InChI is InChI=1S/C31H46O3/c1-2-3-4-5-6-7-8-9-10-11-12-13-20-25-30(32)34-31(29-23-18-15-19-24-29)33-27-26-28-21-16-14-17-22-28/h14-19,21-24,31H,2-13,20,25-27H2,1H3. The minimum atomic E-state index is -0.639. The summed E-state index contributed by atoms with van der Waals surface area (Å²) in [6.07, 6.45) is 17.5. The molecule has 2 aromatic carbocycles. The quantitative estimate of drug-likeness (QED) is 0.111. The van der Waals surface area contributed by atoms with E-state index in [1.54, 1.807) is 0 Å². The molecule has 0 saturated carbocycles. The molecule has 1 unspecified atom stereocenters. The molecular weight excluding hydrogens is 420 g/mol. The van der Waals surface area contributed by atoms with Gasteiger partial charge in [-0.1, -0.05) is 145 Å². The number of hydrogen-bond donors (Lipinski definition) is 0. The summed E-state index contributed by atoms with van der Waals surface area (Å²) in [4.78, 5) is 12.5. The number of carbonyl (C=O) groups is 1. The van der Waals surface area contributed by atoms with E-state index in [1.165, 1.54) is 76.2 Å². The maximum absolute atomic E-state index is 12.5. The van der Waals surface area contributed by atoms with Gasteiger partial charge in [0.2, 0.25) is 6.29 Å². The Balaban J connectivity index is 1.55. The highest BCUT2D eigenvalue weighted by Gasteiger charge is 2.17. The van der Waals surface area contributed by atoms with Crippen LogP contribution in [0.2, 0.25) is 0 Å². The Morgan fingerprint density at radius 1 is 0.676 bits per heavy atom. The van der Waals surface area contributed by atoms with Gasteiger partial charge in [0.25, 0.3) is 0 Å². The van der Waals surface area contributed by atoms with Crippen LogP contribution in [0.4, 0.5) is 0 Å². The molecular formula is C31H46O3. The van der Waals surface area contributed by atoms with Crippen LogP contribution in [0.3, 0.4) is 0 Å². The molecule has 0 saturated heterocycles. The van der Waals surface area contributed by atoms with Crippen LogP contribution >= 0.6 is 0 Å². The molecule has 0 aliphatic carbocycles. The van der Waals surface area contributed by atoms with Gasteiger partial charge < -0.3 is 9.47 Å². The molecule has 0 heterocycles. The first-order valence-electron chi connectivity index (χ1n) is 13.7. The summed E-state index contributed by atoms with van der Waals surface area (Å²) in [6, 6.07) is 20.0. The number of benzene rings is 2. The highest BCUT2D eigenvalue weighted by Crippen LogP contribution is 2.21. The van der Waals surface area contributed by atoms with Crippen molar-refractivity contribution >= 4 is 5.97 Å². The van der Waals surface area contributed by atoms with Crippen molar-refractivity contribution in [1.82, 2.24) is 0 Å². The maximum Gasteiger partial charge on any atom is 0.308 e. The van der Waals surface area contributed by atoms with Gasteiger partial charge in [-0.2, -0.15) is 0 Å². The zero-order valence-electron chi connectivity index (χ0n) is 21.4. The SMILES string of the molecule is CCCCCCCCCCCCCCCC(=O)OC(OCCc1ccccc1)c1ccccc1. The Bertz CT molecular complexity index is 729. The summed E-state index contributed by atoms with van der Waals surface area (Å²) in [5, 5.41) is 0. The number of rotatable bonds is 20. The Labute approximate surface area is 208 Å². The van der Waals surface area contributed by atoms with E-state index < -0.39 is 6.29 Å². The van der Waals surface area contributed by atoms with Gasteiger partial charge in [-0.3, -0.25) is 4.79 Å². The number of ether oxygens (including phenoxy) is 2. The van der Waals surface area contributed by atoms with Gasteiger partial charge in [0.15, 0.2) is 0 Å². The van der Waals surface area contributed by atoms with E-state index in [0.717, 1.165) is 24.8 Å². The molecule has 0 amide bonds. The van der Waals surface area contributed by atoms with Crippen molar-refractivity contribution < 1.29 is 14.3 Å². The summed E-state index contributed by atoms with van der Waals surface area (Å²) >= 11 is 0. The zero-order chi connectivity index (χ0) is 24.1. The Morgan fingerprint density at radius 3 is 1.74 bits per heavy atom. The summed E-state index contributed by atoms with van der Waals surface area (Å²) in [5.41, 5.74) is 2.10. The van der Waals surface area contributed by atoms with Crippen molar-refractivity contribution in [3.05, 3.63) is 71.8 Å². The lowest BCUT2D eigenvalue weighted by atomic mass is 10.0. The van der Waals surface area contributed by atoms with Gasteiger partial charge in [-0.15, -0.1) is 0 Å². The van der Waals surface area contributed by atoms with Gasteiger partial charge in [0.1, 0.15) is 0 Å². The molecule has 3 nitrogen and oxygen atoms in total. The van der Waals surface area contributed by atoms with Gasteiger partial charge >= 0.3 is 5.97 Å². The molecule has 0 radical (unpaired) electrons. The van der Waals surface area contributed by atoms with Crippen molar-refractivity contribution in [3.8, 4) is 0 Å². The third-order valence-electron chi connectivity index (χ3n) is 6.30. The van der Waals surface area contributed by atoms with Crippen LogP contribution in [0.5, 0.6) is 0 Å². The molecule has 188 valence electrons. The van der Waals surface area contributed by atoms with E-state index in [0.29, 0.717) is 13.0 Å². The lowest BCUT2D eigenvalue weighted by Gasteiger charge is -2.19. The minimum absolute atomic E-state index is 0.170. The highest BCUT2D eigenvalue weighted by atomic mass is 16.7. The van der Waals surface area contributed by atoms with Crippen molar-refractivity contribution in [3.63, 3.8) is 0 Å². The first-order chi connectivity index (χ1) is 16.8. The van der Waals surface area contributed by atoms with E-state index in [-0.39, 0.29) is 5.97 Å². The van der Waals surface area contributed by atoms with Crippen molar-refractivity contribution in [2.45, 2.75) is 110 Å². The molecule has 2 aromatic rings. The Morgan fingerprint density at radius 2 is 1.18 bits per heavy atom. The van der Waals surface area contributed by atoms with Crippen molar-refractivity contribution in [1.29, 1.82) is 0 Å². The molecule has 1 atom stereocenters. The molecule has 0 aliphatic rings. The van der Waals surface area contributed by atoms with Crippen LogP contribution in [0, 0.1) is 0 Å². The van der Waals surface area contributed by atoms with Crippen LogP contribution in [0.15, 0.2) is 60.7 Å². The van der Waals surface area contributed by atoms with Gasteiger partial charge in [-0.25, -0.2) is 0 Å². The molecule has 0 N–H and O–H groups in total. The third kappa shape index (κ3) is 13.5. The Kier molecular flexibility index (Phi) is 15.9. The summed E-state index contributed by atoms with van der Waals surface area (Å²) in [6.45, 7) is 2.78. The monoisotopic (exact) mass is 466 g/mol. The van der Waals surface area contributed by atoms with E-state index in [1.807, 2.05) is 48.5 Å². The maximum atomic E-state index is 12.5. The topological polar surface area (TPSA) is 35.5 Å². The average Bonchev–Trinajstić information content (AvgIpc) is 2.87. The molecule has 2 rings (SSSR count). The first kappa shape index (κ1) is 28.1. The van der Waals surface area contributed by atoms with Gasteiger partial charge in [-0.05, 0) is 18.4 Å². The second kappa shape index (κ2) is 19.2. The fourth-order valence-electron chi connectivity index (χ4n) is 4.20. The third-order valence-corrected chi connectivity index (χ3v) is 6.30. The lowest BCUT2D eigenvalue weighted by molar-refractivity contribution is -0.181. The lowest BCUT2D eigenvalue weighted by Crippen LogP contribution is -2.15. The average molecular weight is 467 g/mol. The van der Waals surface area contributed by atoms with E-state index >= 15 is 0 Å². The summed E-state index contributed by atoms with van der Waals surface area (Å²) in [5.74, 6) is -0.170. The van der Waals surface area contributed by atoms with Gasteiger partial charge in [0.05, 0.1) is 6.61 Å². The van der Waals surface area contributed by atoms with Crippen LogP contribution < -0.4 is 0 Å². The molecule has 0 fully saturated rings. The molecule has 34 heavy (non-hydrogen) atoms. The number of carbonyl (C=O) groups excluding carboxylic acids is 1. The molecule has 0 spiro atoms. The normalized spacial score (nSPS) is 11.9. The van der Waals surface area contributed by atoms with Crippen molar-refractivity contribution in [2.75, 3.05) is 6.61 Å². The van der Waals surface area contributed by atoms with Crippen LogP contribution in [-0.2, 0) is 20.7 Å². The van der Waals surface area contributed by atoms with E-state index in [2.05, 4.69) is 19.1 Å².